The van der Waals surface area contributed by atoms with Crippen molar-refractivity contribution in [3.05, 3.63) is 29.8 Å². The number of nitrogens with zero attached hydrogens (tertiary/aromatic N) is 2. The van der Waals surface area contributed by atoms with Gasteiger partial charge in [-0.1, -0.05) is 12.1 Å². The van der Waals surface area contributed by atoms with Crippen LogP contribution in [-0.4, -0.2) is 46.4 Å². The number of anilines is 1. The molecule has 1 aromatic carbocycles. The lowest BCUT2D eigenvalue weighted by Crippen LogP contribution is -2.38. The van der Waals surface area contributed by atoms with Crippen LogP contribution in [0, 0.1) is 0 Å². The van der Waals surface area contributed by atoms with E-state index in [0.29, 0.717) is 6.54 Å². The first-order valence-corrected chi connectivity index (χ1v) is 8.03. The summed E-state index contributed by atoms with van der Waals surface area (Å²) in [5.74, 6) is 0.857. The highest BCUT2D eigenvalue weighted by molar-refractivity contribution is 14.0. The molecule has 1 rings (SSSR count). The van der Waals surface area contributed by atoms with E-state index in [2.05, 4.69) is 51.7 Å². The molecule has 1 aromatic rings. The number of aliphatic imine (C=N–C) groups is 1. The van der Waals surface area contributed by atoms with Crippen LogP contribution >= 0.6 is 24.0 Å². The number of halogens is 1. The number of benzene rings is 1. The lowest BCUT2D eigenvalue weighted by Gasteiger charge is -2.13. The maximum atomic E-state index is 5.33. The summed E-state index contributed by atoms with van der Waals surface area (Å²) in [4.78, 5) is 6.71. The minimum atomic E-state index is 0. The van der Waals surface area contributed by atoms with Gasteiger partial charge in [-0.05, 0) is 38.0 Å². The molecule has 132 valence electrons. The zero-order valence-electron chi connectivity index (χ0n) is 14.8. The summed E-state index contributed by atoms with van der Waals surface area (Å²) in [5.41, 5.74) is 2.41. The van der Waals surface area contributed by atoms with Crippen molar-refractivity contribution >= 4 is 35.6 Å². The smallest absolute Gasteiger partial charge is 0.191 e. The van der Waals surface area contributed by atoms with Crippen LogP contribution in [0.25, 0.3) is 0 Å². The second-order valence-electron chi connectivity index (χ2n) is 5.23. The topological polar surface area (TPSA) is 48.9 Å². The molecule has 0 aliphatic rings. The van der Waals surface area contributed by atoms with Gasteiger partial charge >= 0.3 is 0 Å². The number of hydrogen-bond donors (Lipinski definition) is 2. The first-order chi connectivity index (χ1) is 10.7. The molecule has 23 heavy (non-hydrogen) atoms. The molecule has 0 fully saturated rings. The van der Waals surface area contributed by atoms with Crippen molar-refractivity contribution in [3.63, 3.8) is 0 Å². The molecule has 0 radical (unpaired) electrons. The Morgan fingerprint density at radius 1 is 1.13 bits per heavy atom. The number of rotatable bonds is 9. The number of nitrogens with one attached hydrogen (secondary N) is 2. The predicted octanol–water partition coefficient (Wildman–Crippen LogP) is 2.85. The largest absolute Gasteiger partial charge is 0.382 e. The average Bonchev–Trinajstić information content (AvgIpc) is 2.52. The molecule has 0 bridgehead atoms. The van der Waals surface area contributed by atoms with E-state index >= 15 is 0 Å². The van der Waals surface area contributed by atoms with Crippen molar-refractivity contribution in [2.24, 2.45) is 4.99 Å². The SMILES string of the molecule is CCNC(=NCc1ccc(N(C)C)cc1)NCCCOCC.I. The fourth-order valence-electron chi connectivity index (χ4n) is 1.94. The third kappa shape index (κ3) is 9.65. The van der Waals surface area contributed by atoms with Gasteiger partial charge in [-0.15, -0.1) is 24.0 Å². The second-order valence-corrected chi connectivity index (χ2v) is 5.23. The van der Waals surface area contributed by atoms with Crippen molar-refractivity contribution in [3.8, 4) is 0 Å². The van der Waals surface area contributed by atoms with Crippen molar-refractivity contribution < 1.29 is 4.74 Å². The average molecular weight is 434 g/mol. The monoisotopic (exact) mass is 434 g/mol. The second kappa shape index (κ2) is 13.4. The fraction of sp³-hybridized carbons (Fsp3) is 0.588. The Morgan fingerprint density at radius 2 is 1.83 bits per heavy atom. The Labute approximate surface area is 157 Å². The van der Waals surface area contributed by atoms with E-state index in [4.69, 9.17) is 4.74 Å². The van der Waals surface area contributed by atoms with E-state index < -0.39 is 0 Å². The summed E-state index contributed by atoms with van der Waals surface area (Å²) in [6.07, 6.45) is 0.982. The normalized spacial score (nSPS) is 10.9. The summed E-state index contributed by atoms with van der Waals surface area (Å²) in [6.45, 7) is 8.05. The zero-order chi connectivity index (χ0) is 16.2. The number of ether oxygens (including phenoxy) is 1. The first kappa shape index (κ1) is 22.0. The minimum Gasteiger partial charge on any atom is -0.382 e. The molecule has 0 saturated heterocycles. The van der Waals surface area contributed by atoms with Crippen molar-refractivity contribution in [2.75, 3.05) is 45.3 Å². The number of hydrogen-bond acceptors (Lipinski definition) is 3. The summed E-state index contributed by atoms with van der Waals surface area (Å²) >= 11 is 0. The maximum absolute atomic E-state index is 5.33. The van der Waals surface area contributed by atoms with E-state index in [1.807, 2.05) is 21.0 Å². The van der Waals surface area contributed by atoms with Gasteiger partial charge in [0.05, 0.1) is 6.54 Å². The molecule has 0 aliphatic carbocycles. The molecule has 6 heteroatoms. The van der Waals surface area contributed by atoms with Gasteiger partial charge in [0, 0.05) is 46.1 Å². The third-order valence-electron chi connectivity index (χ3n) is 3.18. The van der Waals surface area contributed by atoms with Crippen LogP contribution in [0.4, 0.5) is 5.69 Å². The Bertz CT molecular complexity index is 435. The van der Waals surface area contributed by atoms with Crippen molar-refractivity contribution in [1.29, 1.82) is 0 Å². The van der Waals surface area contributed by atoms with Crippen LogP contribution in [0.2, 0.25) is 0 Å². The molecule has 0 amide bonds. The Hall–Kier alpha value is -1.02. The predicted molar refractivity (Wildman–Crippen MR) is 110 cm³/mol. The summed E-state index contributed by atoms with van der Waals surface area (Å²) in [6, 6.07) is 8.48. The molecule has 0 atom stereocenters. The van der Waals surface area contributed by atoms with Gasteiger partial charge < -0.3 is 20.3 Å². The highest BCUT2D eigenvalue weighted by Crippen LogP contribution is 2.12. The van der Waals surface area contributed by atoms with E-state index in [9.17, 15) is 0 Å². The third-order valence-corrected chi connectivity index (χ3v) is 3.18. The van der Waals surface area contributed by atoms with Crippen LogP contribution in [-0.2, 0) is 11.3 Å². The van der Waals surface area contributed by atoms with Gasteiger partial charge in [0.15, 0.2) is 5.96 Å². The summed E-state index contributed by atoms with van der Waals surface area (Å²) in [7, 11) is 4.09. The van der Waals surface area contributed by atoms with Crippen LogP contribution in [0.3, 0.4) is 0 Å². The Morgan fingerprint density at radius 3 is 2.39 bits per heavy atom. The van der Waals surface area contributed by atoms with Gasteiger partial charge in [0.2, 0.25) is 0 Å². The van der Waals surface area contributed by atoms with Gasteiger partial charge in [-0.2, -0.15) is 0 Å². The van der Waals surface area contributed by atoms with Crippen molar-refractivity contribution in [1.82, 2.24) is 10.6 Å². The van der Waals surface area contributed by atoms with Crippen LogP contribution in [0.15, 0.2) is 29.3 Å². The van der Waals surface area contributed by atoms with E-state index in [1.165, 1.54) is 11.3 Å². The molecule has 5 nitrogen and oxygen atoms in total. The maximum Gasteiger partial charge on any atom is 0.191 e. The van der Waals surface area contributed by atoms with Crippen LogP contribution in [0.1, 0.15) is 25.8 Å². The molecule has 0 saturated carbocycles. The minimum absolute atomic E-state index is 0. The fourth-order valence-corrected chi connectivity index (χ4v) is 1.94. The quantitative estimate of drug-likeness (QED) is 0.272. The molecule has 0 unspecified atom stereocenters. The van der Waals surface area contributed by atoms with Crippen molar-refractivity contribution in [2.45, 2.75) is 26.8 Å². The highest BCUT2D eigenvalue weighted by atomic mass is 127. The molecule has 0 spiro atoms. The molecular formula is C17H31IN4O. The van der Waals surface area contributed by atoms with E-state index in [1.54, 1.807) is 0 Å². The van der Waals surface area contributed by atoms with Gasteiger partial charge in [-0.3, -0.25) is 0 Å². The van der Waals surface area contributed by atoms with Gasteiger partial charge in [-0.25, -0.2) is 4.99 Å². The molecular weight excluding hydrogens is 403 g/mol. The first-order valence-electron chi connectivity index (χ1n) is 8.03. The Balaban J connectivity index is 0.00000484. The van der Waals surface area contributed by atoms with Crippen LogP contribution < -0.4 is 15.5 Å². The van der Waals surface area contributed by atoms with E-state index in [-0.39, 0.29) is 24.0 Å². The molecule has 0 aromatic heterocycles. The Kier molecular flexibility index (Phi) is 12.8. The lowest BCUT2D eigenvalue weighted by molar-refractivity contribution is 0.145. The number of guanidine groups is 1. The lowest BCUT2D eigenvalue weighted by atomic mass is 10.2. The zero-order valence-corrected chi connectivity index (χ0v) is 17.1. The summed E-state index contributed by atoms with van der Waals surface area (Å²) in [5, 5.41) is 6.59. The van der Waals surface area contributed by atoms with Crippen LogP contribution in [0.5, 0.6) is 0 Å². The molecule has 0 heterocycles. The van der Waals surface area contributed by atoms with Gasteiger partial charge in [0.1, 0.15) is 0 Å². The summed E-state index contributed by atoms with van der Waals surface area (Å²) < 4.78 is 5.33. The highest BCUT2D eigenvalue weighted by Gasteiger charge is 1.99. The van der Waals surface area contributed by atoms with Gasteiger partial charge in [0.25, 0.3) is 0 Å². The van der Waals surface area contributed by atoms with E-state index in [0.717, 1.165) is 38.7 Å². The molecule has 0 aliphatic heterocycles. The molecule has 2 N–H and O–H groups in total. The standard InChI is InChI=1S/C17H30N4O.HI/c1-5-18-17(19-12-7-13-22-6-2)20-14-15-8-10-16(11-9-15)21(3)4;/h8-11H,5-7,12-14H2,1-4H3,(H2,18,19,20);1H.